The van der Waals surface area contributed by atoms with Crippen LogP contribution in [0.5, 0.6) is 5.75 Å². The SMILES string of the molecule is O=C1N/C(=C/c2cccn2-c2ccc(O)cc2)C(=O)N1c1ccc(Cl)cc1. The molecule has 0 radical (unpaired) electrons. The number of carbonyl (C=O) groups excluding carboxylic acids is 2. The van der Waals surface area contributed by atoms with Crippen molar-refractivity contribution in [2.24, 2.45) is 0 Å². The highest BCUT2D eigenvalue weighted by molar-refractivity contribution is 6.31. The van der Waals surface area contributed by atoms with E-state index in [1.165, 1.54) is 0 Å². The van der Waals surface area contributed by atoms with Gasteiger partial charge in [-0.1, -0.05) is 11.6 Å². The van der Waals surface area contributed by atoms with Crippen molar-refractivity contribution in [1.82, 2.24) is 9.88 Å². The third kappa shape index (κ3) is 3.18. The van der Waals surface area contributed by atoms with Gasteiger partial charge in [0, 0.05) is 22.6 Å². The Bertz CT molecular complexity index is 1050. The summed E-state index contributed by atoms with van der Waals surface area (Å²) >= 11 is 5.87. The van der Waals surface area contributed by atoms with Crippen LogP contribution in [0.4, 0.5) is 10.5 Å². The minimum absolute atomic E-state index is 0.169. The molecule has 2 aromatic carbocycles. The molecule has 0 saturated carbocycles. The zero-order valence-electron chi connectivity index (χ0n) is 14.0. The van der Waals surface area contributed by atoms with Crippen molar-refractivity contribution < 1.29 is 14.7 Å². The van der Waals surface area contributed by atoms with E-state index in [9.17, 15) is 14.7 Å². The summed E-state index contributed by atoms with van der Waals surface area (Å²) in [5, 5.41) is 12.6. The van der Waals surface area contributed by atoms with Crippen molar-refractivity contribution in [2.75, 3.05) is 4.90 Å². The summed E-state index contributed by atoms with van der Waals surface area (Å²) in [6.45, 7) is 0. The van der Waals surface area contributed by atoms with E-state index in [4.69, 9.17) is 11.6 Å². The summed E-state index contributed by atoms with van der Waals surface area (Å²) in [7, 11) is 0. The fraction of sp³-hybridized carbons (Fsp3) is 0. The highest BCUT2D eigenvalue weighted by Crippen LogP contribution is 2.25. The van der Waals surface area contributed by atoms with Gasteiger partial charge in [0.1, 0.15) is 11.4 Å². The van der Waals surface area contributed by atoms with Crippen LogP contribution in [0.1, 0.15) is 5.69 Å². The van der Waals surface area contributed by atoms with Gasteiger partial charge in [-0.15, -0.1) is 0 Å². The number of phenols is 1. The molecule has 2 heterocycles. The summed E-state index contributed by atoms with van der Waals surface area (Å²) in [6.07, 6.45) is 3.44. The Morgan fingerprint density at radius 2 is 1.59 bits per heavy atom. The maximum Gasteiger partial charge on any atom is 0.333 e. The molecular formula is C20H14ClN3O3. The van der Waals surface area contributed by atoms with Gasteiger partial charge >= 0.3 is 6.03 Å². The lowest BCUT2D eigenvalue weighted by atomic mass is 10.2. The molecule has 0 bridgehead atoms. The lowest BCUT2D eigenvalue weighted by molar-refractivity contribution is -0.113. The number of urea groups is 1. The van der Waals surface area contributed by atoms with E-state index in [1.54, 1.807) is 54.6 Å². The Morgan fingerprint density at radius 1 is 0.926 bits per heavy atom. The molecule has 7 heteroatoms. The van der Waals surface area contributed by atoms with Gasteiger partial charge in [0.15, 0.2) is 0 Å². The van der Waals surface area contributed by atoms with Crippen LogP contribution in [0, 0.1) is 0 Å². The lowest BCUT2D eigenvalue weighted by Crippen LogP contribution is -2.30. The normalized spacial score (nSPS) is 15.4. The molecule has 27 heavy (non-hydrogen) atoms. The van der Waals surface area contributed by atoms with Crippen LogP contribution in [-0.4, -0.2) is 21.6 Å². The van der Waals surface area contributed by atoms with Crippen LogP contribution in [-0.2, 0) is 4.79 Å². The number of nitrogens with zero attached hydrogens (tertiary/aromatic N) is 2. The molecule has 3 aromatic rings. The van der Waals surface area contributed by atoms with Gasteiger partial charge in [0.2, 0.25) is 0 Å². The molecule has 134 valence electrons. The van der Waals surface area contributed by atoms with Gasteiger partial charge in [0.05, 0.1) is 5.69 Å². The fourth-order valence-electron chi connectivity index (χ4n) is 2.87. The summed E-state index contributed by atoms with van der Waals surface area (Å²) in [5.41, 5.74) is 2.14. The Kier molecular flexibility index (Phi) is 4.18. The van der Waals surface area contributed by atoms with Crippen molar-refractivity contribution in [3.05, 3.63) is 83.3 Å². The molecule has 0 spiro atoms. The summed E-state index contributed by atoms with van der Waals surface area (Å²) in [6, 6.07) is 16.3. The molecule has 0 unspecified atom stereocenters. The number of anilines is 1. The number of benzene rings is 2. The van der Waals surface area contributed by atoms with Crippen LogP contribution < -0.4 is 10.2 Å². The number of hydrogen-bond donors (Lipinski definition) is 2. The maximum atomic E-state index is 12.7. The van der Waals surface area contributed by atoms with Crippen molar-refractivity contribution >= 4 is 35.3 Å². The lowest BCUT2D eigenvalue weighted by Gasteiger charge is -2.11. The zero-order chi connectivity index (χ0) is 19.0. The molecule has 6 nitrogen and oxygen atoms in total. The van der Waals surface area contributed by atoms with Crippen molar-refractivity contribution in [1.29, 1.82) is 0 Å². The van der Waals surface area contributed by atoms with Gasteiger partial charge in [-0.25, -0.2) is 9.69 Å². The fourth-order valence-corrected chi connectivity index (χ4v) is 2.99. The first-order valence-corrected chi connectivity index (χ1v) is 8.50. The molecular weight excluding hydrogens is 366 g/mol. The summed E-state index contributed by atoms with van der Waals surface area (Å²) < 4.78 is 1.84. The first-order valence-electron chi connectivity index (χ1n) is 8.12. The highest BCUT2D eigenvalue weighted by atomic mass is 35.5. The molecule has 1 fully saturated rings. The molecule has 0 aliphatic carbocycles. The monoisotopic (exact) mass is 379 g/mol. The van der Waals surface area contributed by atoms with Crippen molar-refractivity contribution in [2.45, 2.75) is 0 Å². The van der Waals surface area contributed by atoms with Crippen molar-refractivity contribution in [3.63, 3.8) is 0 Å². The predicted molar refractivity (Wildman–Crippen MR) is 103 cm³/mol. The van der Waals surface area contributed by atoms with E-state index in [0.717, 1.165) is 10.6 Å². The number of phenolic OH excluding ortho intramolecular Hbond substituents is 1. The van der Waals surface area contributed by atoms with Crippen LogP contribution in [0.3, 0.4) is 0 Å². The van der Waals surface area contributed by atoms with E-state index in [2.05, 4.69) is 5.32 Å². The Labute approximate surface area is 159 Å². The van der Waals surface area contributed by atoms with Crippen LogP contribution in [0.15, 0.2) is 72.6 Å². The number of hydrogen-bond acceptors (Lipinski definition) is 3. The number of nitrogens with one attached hydrogen (secondary N) is 1. The third-order valence-corrected chi connectivity index (χ3v) is 4.42. The number of halogens is 1. The first-order chi connectivity index (χ1) is 13.0. The van der Waals surface area contributed by atoms with E-state index in [0.29, 0.717) is 16.4 Å². The van der Waals surface area contributed by atoms with E-state index in [1.807, 2.05) is 22.9 Å². The quantitative estimate of drug-likeness (QED) is 0.534. The molecule has 2 N–H and O–H groups in total. The number of aromatic nitrogens is 1. The number of aromatic hydroxyl groups is 1. The zero-order valence-corrected chi connectivity index (χ0v) is 14.7. The number of carbonyl (C=O) groups is 2. The molecule has 3 amide bonds. The number of imide groups is 1. The molecule has 1 aliphatic heterocycles. The molecule has 1 aromatic heterocycles. The topological polar surface area (TPSA) is 74.6 Å². The number of amides is 3. The Balaban J connectivity index is 1.67. The van der Waals surface area contributed by atoms with E-state index >= 15 is 0 Å². The Morgan fingerprint density at radius 3 is 2.30 bits per heavy atom. The predicted octanol–water partition coefficient (Wildman–Crippen LogP) is 3.93. The van der Waals surface area contributed by atoms with Gasteiger partial charge < -0.3 is 15.0 Å². The smallest absolute Gasteiger partial charge is 0.333 e. The maximum absolute atomic E-state index is 12.7. The largest absolute Gasteiger partial charge is 0.508 e. The van der Waals surface area contributed by atoms with Crippen LogP contribution in [0.2, 0.25) is 5.02 Å². The molecule has 0 atom stereocenters. The number of rotatable bonds is 3. The van der Waals surface area contributed by atoms with Gasteiger partial charge in [-0.05, 0) is 66.7 Å². The van der Waals surface area contributed by atoms with Crippen LogP contribution >= 0.6 is 11.6 Å². The molecule has 1 aliphatic rings. The first kappa shape index (κ1) is 16.9. The van der Waals surface area contributed by atoms with Gasteiger partial charge in [0.25, 0.3) is 5.91 Å². The van der Waals surface area contributed by atoms with Crippen molar-refractivity contribution in [3.8, 4) is 11.4 Å². The summed E-state index contributed by atoms with van der Waals surface area (Å²) in [5.74, 6) is -0.275. The average molecular weight is 380 g/mol. The average Bonchev–Trinajstić information content (AvgIpc) is 3.22. The third-order valence-electron chi connectivity index (χ3n) is 4.16. The second kappa shape index (κ2) is 6.66. The Hall–Kier alpha value is -3.51. The van der Waals surface area contributed by atoms with Gasteiger partial charge in [-0.3, -0.25) is 4.79 Å². The minimum atomic E-state index is -0.517. The minimum Gasteiger partial charge on any atom is -0.508 e. The van der Waals surface area contributed by atoms with E-state index < -0.39 is 11.9 Å². The molecule has 4 rings (SSSR count). The second-order valence-electron chi connectivity index (χ2n) is 5.92. The molecule has 1 saturated heterocycles. The standard InChI is InChI=1S/C20H14ClN3O3/c21-13-3-5-15(6-4-13)24-19(26)18(22-20(24)27)12-16-2-1-11-23(16)14-7-9-17(25)10-8-14/h1-12,25H,(H,22,27)/b18-12+. The summed E-state index contributed by atoms with van der Waals surface area (Å²) in [4.78, 5) is 26.1. The van der Waals surface area contributed by atoms with E-state index in [-0.39, 0.29) is 11.4 Å². The van der Waals surface area contributed by atoms with Gasteiger partial charge in [-0.2, -0.15) is 0 Å². The highest BCUT2D eigenvalue weighted by Gasteiger charge is 2.35. The van der Waals surface area contributed by atoms with Crippen LogP contribution in [0.25, 0.3) is 11.8 Å². The second-order valence-corrected chi connectivity index (χ2v) is 6.36.